The minimum Gasteiger partial charge on any atom is -0.340 e. The molecule has 2 saturated heterocycles. The standard InChI is InChI=1S/C28H46N4O4S2/c1-8-27(4,5)15-13-20(33)11-12-21(34)14-16-28(6,7)17-22(31-23(35)18-29(9-2)25(31)37)32-24(36)19-30(10-3)26(32)38/h22H,8-19H2,1-7H3. The van der Waals surface area contributed by atoms with Crippen LogP contribution >= 0.6 is 24.4 Å². The number of Topliss-reactive ketones (excluding diaryl/α,β-unsaturated/α-hetero) is 2. The monoisotopic (exact) mass is 566 g/mol. The zero-order valence-corrected chi connectivity index (χ0v) is 25.9. The molecule has 214 valence electrons. The van der Waals surface area contributed by atoms with Crippen molar-refractivity contribution in [1.29, 1.82) is 0 Å². The highest BCUT2D eigenvalue weighted by Gasteiger charge is 2.47. The Morgan fingerprint density at radius 2 is 1.13 bits per heavy atom. The number of hydrogen-bond acceptors (Lipinski definition) is 6. The smallest absolute Gasteiger partial charge is 0.250 e. The highest BCUT2D eigenvalue weighted by atomic mass is 32.1. The molecule has 0 bridgehead atoms. The number of carbonyl (C=O) groups excluding carboxylic acids is 4. The molecule has 8 nitrogen and oxygen atoms in total. The van der Waals surface area contributed by atoms with Gasteiger partial charge < -0.3 is 9.80 Å². The molecule has 2 amide bonds. The number of hydrogen-bond donors (Lipinski definition) is 0. The first-order valence-corrected chi connectivity index (χ1v) is 14.7. The molecule has 0 aliphatic carbocycles. The maximum atomic E-state index is 13.1. The molecule has 10 heteroatoms. The van der Waals surface area contributed by atoms with E-state index < -0.39 is 6.17 Å². The van der Waals surface area contributed by atoms with E-state index in [4.69, 9.17) is 24.4 Å². The first-order chi connectivity index (χ1) is 17.7. The van der Waals surface area contributed by atoms with Crippen molar-refractivity contribution in [2.75, 3.05) is 26.2 Å². The van der Waals surface area contributed by atoms with Gasteiger partial charge in [0.2, 0.25) is 11.8 Å². The Hall–Kier alpha value is -1.94. The van der Waals surface area contributed by atoms with Gasteiger partial charge in [0.05, 0.1) is 13.1 Å². The predicted octanol–water partition coefficient (Wildman–Crippen LogP) is 4.54. The van der Waals surface area contributed by atoms with E-state index in [9.17, 15) is 19.2 Å². The molecule has 2 aliphatic heterocycles. The van der Waals surface area contributed by atoms with Gasteiger partial charge in [-0.15, -0.1) is 0 Å². The van der Waals surface area contributed by atoms with E-state index in [1.54, 1.807) is 9.80 Å². The Morgan fingerprint density at radius 1 is 0.737 bits per heavy atom. The minimum atomic E-state index is -0.642. The lowest BCUT2D eigenvalue weighted by Gasteiger charge is -2.39. The van der Waals surface area contributed by atoms with Crippen LogP contribution in [0.5, 0.6) is 0 Å². The lowest BCUT2D eigenvalue weighted by Crippen LogP contribution is -2.55. The molecule has 0 aromatic rings. The summed E-state index contributed by atoms with van der Waals surface area (Å²) >= 11 is 11.3. The van der Waals surface area contributed by atoms with Crippen molar-refractivity contribution < 1.29 is 19.2 Å². The van der Waals surface area contributed by atoms with Gasteiger partial charge in [-0.1, -0.05) is 41.0 Å². The molecule has 0 atom stereocenters. The number of thiocarbonyl (C=S) groups is 2. The predicted molar refractivity (Wildman–Crippen MR) is 157 cm³/mol. The summed E-state index contributed by atoms with van der Waals surface area (Å²) in [6.45, 7) is 15.9. The molecule has 38 heavy (non-hydrogen) atoms. The van der Waals surface area contributed by atoms with Crippen LogP contribution in [0.15, 0.2) is 0 Å². The number of carbonyl (C=O) groups is 4. The third kappa shape index (κ3) is 8.28. The Kier molecular flexibility index (Phi) is 11.4. The zero-order chi connectivity index (χ0) is 28.8. The number of ketones is 2. The maximum Gasteiger partial charge on any atom is 0.250 e. The van der Waals surface area contributed by atoms with E-state index in [1.807, 2.05) is 37.5 Å². The van der Waals surface area contributed by atoms with Gasteiger partial charge in [0.1, 0.15) is 17.7 Å². The second-order valence-corrected chi connectivity index (χ2v) is 12.8. The van der Waals surface area contributed by atoms with E-state index in [0.29, 0.717) is 49.0 Å². The second-order valence-electron chi connectivity index (χ2n) is 12.1. The first kappa shape index (κ1) is 32.3. The Morgan fingerprint density at radius 3 is 1.47 bits per heavy atom. The molecule has 2 fully saturated rings. The lowest BCUT2D eigenvalue weighted by atomic mass is 9.81. The van der Waals surface area contributed by atoms with Crippen LogP contribution in [0.3, 0.4) is 0 Å². The summed E-state index contributed by atoms with van der Waals surface area (Å²) < 4.78 is 0. The van der Waals surface area contributed by atoms with E-state index in [1.165, 1.54) is 0 Å². The van der Waals surface area contributed by atoms with Crippen molar-refractivity contribution in [3.8, 4) is 0 Å². The lowest BCUT2D eigenvalue weighted by molar-refractivity contribution is -0.134. The molecule has 0 saturated carbocycles. The van der Waals surface area contributed by atoms with Crippen LogP contribution in [0.25, 0.3) is 0 Å². The molecule has 2 aliphatic rings. The average Bonchev–Trinajstić information content (AvgIpc) is 3.31. The quantitative estimate of drug-likeness (QED) is 0.252. The van der Waals surface area contributed by atoms with Gasteiger partial charge in [-0.2, -0.15) is 0 Å². The van der Waals surface area contributed by atoms with Crippen molar-refractivity contribution in [1.82, 2.24) is 19.6 Å². The van der Waals surface area contributed by atoms with Gasteiger partial charge in [0.15, 0.2) is 10.2 Å². The van der Waals surface area contributed by atoms with Gasteiger partial charge >= 0.3 is 0 Å². The third-order valence-corrected chi connectivity index (χ3v) is 8.95. The number of nitrogens with zero attached hydrogens (tertiary/aromatic N) is 4. The first-order valence-electron chi connectivity index (χ1n) is 13.9. The largest absolute Gasteiger partial charge is 0.340 e. The van der Waals surface area contributed by atoms with Crippen LogP contribution < -0.4 is 0 Å². The van der Waals surface area contributed by atoms with Gasteiger partial charge in [-0.05, 0) is 68.4 Å². The average molecular weight is 567 g/mol. The zero-order valence-electron chi connectivity index (χ0n) is 24.3. The van der Waals surface area contributed by atoms with Gasteiger partial charge in [-0.3, -0.25) is 29.0 Å². The van der Waals surface area contributed by atoms with Crippen molar-refractivity contribution in [3.63, 3.8) is 0 Å². The molecular formula is C28H46N4O4S2. The van der Waals surface area contributed by atoms with Crippen molar-refractivity contribution in [2.24, 2.45) is 10.8 Å². The van der Waals surface area contributed by atoms with E-state index in [2.05, 4.69) is 20.8 Å². The molecule has 0 aromatic heterocycles. The molecule has 0 spiro atoms. The Bertz CT molecular complexity index is 907. The van der Waals surface area contributed by atoms with Gasteiger partial charge in [0.25, 0.3) is 0 Å². The summed E-state index contributed by atoms with van der Waals surface area (Å²) in [5.41, 5.74) is -0.249. The molecule has 2 heterocycles. The Balaban J connectivity index is 2.07. The molecule has 2 rings (SSSR count). The summed E-state index contributed by atoms with van der Waals surface area (Å²) in [7, 11) is 0. The molecule has 0 aromatic carbocycles. The molecule has 0 radical (unpaired) electrons. The van der Waals surface area contributed by atoms with Crippen LogP contribution in [-0.4, -0.2) is 85.6 Å². The van der Waals surface area contributed by atoms with Crippen molar-refractivity contribution in [2.45, 2.75) is 106 Å². The fraction of sp³-hybridized carbons (Fsp3) is 0.786. The molecule has 0 N–H and O–H groups in total. The summed E-state index contributed by atoms with van der Waals surface area (Å²) in [6, 6.07) is 0. The second kappa shape index (κ2) is 13.4. The van der Waals surface area contributed by atoms with E-state index in [0.717, 1.165) is 12.8 Å². The van der Waals surface area contributed by atoms with E-state index >= 15 is 0 Å². The van der Waals surface area contributed by atoms with Crippen LogP contribution in [-0.2, 0) is 19.2 Å². The molecule has 0 unspecified atom stereocenters. The highest BCUT2D eigenvalue weighted by Crippen LogP contribution is 2.35. The minimum absolute atomic E-state index is 0.0626. The summed E-state index contributed by atoms with van der Waals surface area (Å²) in [6.07, 6.45) is 3.60. The van der Waals surface area contributed by atoms with E-state index in [-0.39, 0.29) is 60.1 Å². The van der Waals surface area contributed by atoms with Gasteiger partial charge in [-0.25, -0.2) is 0 Å². The van der Waals surface area contributed by atoms with Crippen LogP contribution in [0, 0.1) is 10.8 Å². The summed E-state index contributed by atoms with van der Waals surface area (Å²) in [5.74, 6) is -0.0945. The topological polar surface area (TPSA) is 81.2 Å². The number of amides is 2. The maximum absolute atomic E-state index is 13.1. The Labute approximate surface area is 239 Å². The fourth-order valence-corrected chi connectivity index (χ4v) is 5.60. The summed E-state index contributed by atoms with van der Waals surface area (Å²) in [5, 5.41) is 0.814. The normalized spacial score (nSPS) is 17.1. The van der Waals surface area contributed by atoms with Crippen LogP contribution in [0.2, 0.25) is 0 Å². The van der Waals surface area contributed by atoms with Crippen LogP contribution in [0.4, 0.5) is 0 Å². The number of rotatable bonds is 16. The van der Waals surface area contributed by atoms with Crippen molar-refractivity contribution in [3.05, 3.63) is 0 Å². The van der Waals surface area contributed by atoms with Crippen LogP contribution in [0.1, 0.15) is 99.8 Å². The third-order valence-electron chi connectivity index (χ3n) is 8.04. The number of likely N-dealkylation sites (N-methyl/N-ethyl adjacent to an activating group) is 2. The molecular weight excluding hydrogens is 520 g/mol. The SMILES string of the molecule is CCN1CC(=O)N(C(CC(C)(C)CCC(=O)CCC(=O)CCC(C)(C)CC)N2C(=O)CN(CC)C2=S)C1=S. The highest BCUT2D eigenvalue weighted by molar-refractivity contribution is 7.80. The van der Waals surface area contributed by atoms with Gasteiger partial charge in [0, 0.05) is 38.8 Å². The fourth-order valence-electron chi connectivity index (χ4n) is 4.77. The summed E-state index contributed by atoms with van der Waals surface area (Å²) in [4.78, 5) is 57.9. The van der Waals surface area contributed by atoms with Crippen molar-refractivity contribution >= 4 is 58.0 Å².